The number of esters is 1. The molecule has 0 saturated heterocycles. The number of ether oxygens (including phenoxy) is 1. The average molecular weight is 466 g/mol. The Kier molecular flexibility index (Phi) is 6.67. The monoisotopic (exact) mass is 465 g/mol. The Labute approximate surface area is 201 Å². The van der Waals surface area contributed by atoms with Crippen molar-refractivity contribution in [1.82, 2.24) is 14.5 Å². The second-order valence-electron chi connectivity index (χ2n) is 10.5. The van der Waals surface area contributed by atoms with Gasteiger partial charge in [0.1, 0.15) is 18.9 Å². The summed E-state index contributed by atoms with van der Waals surface area (Å²) < 4.78 is 11.9. The quantitative estimate of drug-likeness (QED) is 0.429. The molecule has 2 unspecified atom stereocenters. The molecule has 1 N–H and O–H groups in total. The number of fused-ring (bicyclic) bond motifs is 3. The Morgan fingerprint density at radius 3 is 2.74 bits per heavy atom. The summed E-state index contributed by atoms with van der Waals surface area (Å²) in [6.07, 6.45) is 5.63. The molecule has 4 rings (SSSR count). The van der Waals surface area contributed by atoms with E-state index in [1.165, 1.54) is 0 Å². The number of nitrogens with zero attached hydrogens (tertiary/aromatic N) is 3. The molecule has 1 aromatic carbocycles. The molecule has 3 aromatic rings. The van der Waals surface area contributed by atoms with E-state index in [1.807, 2.05) is 63.8 Å². The number of aromatic nitrogens is 3. The first-order valence-corrected chi connectivity index (χ1v) is 12.1. The number of para-hydroxylation sites is 1. The largest absolute Gasteiger partial charge is 0.424 e. The maximum absolute atomic E-state index is 13.5. The highest BCUT2D eigenvalue weighted by Crippen LogP contribution is 2.34. The van der Waals surface area contributed by atoms with Gasteiger partial charge in [0.2, 0.25) is 6.73 Å². The van der Waals surface area contributed by atoms with Crippen molar-refractivity contribution < 1.29 is 18.9 Å². The number of benzene rings is 1. The predicted octanol–water partition coefficient (Wildman–Crippen LogP) is 3.40. The van der Waals surface area contributed by atoms with E-state index >= 15 is 0 Å². The van der Waals surface area contributed by atoms with Crippen molar-refractivity contribution in [2.75, 3.05) is 13.6 Å². The van der Waals surface area contributed by atoms with Crippen LogP contribution in [0.1, 0.15) is 49.1 Å². The van der Waals surface area contributed by atoms with Crippen molar-refractivity contribution in [2.45, 2.75) is 53.8 Å². The molecule has 34 heavy (non-hydrogen) atoms. The molecule has 0 aliphatic heterocycles. The first-order chi connectivity index (χ1) is 16.1. The van der Waals surface area contributed by atoms with Crippen LogP contribution in [0.5, 0.6) is 0 Å². The third-order valence-electron chi connectivity index (χ3n) is 7.33. The first kappa shape index (κ1) is 24.2. The summed E-state index contributed by atoms with van der Waals surface area (Å²) >= 11 is 0. The lowest BCUT2D eigenvalue weighted by Crippen LogP contribution is -2.42. The molecule has 2 heterocycles. The number of imidazole rings is 1. The minimum absolute atomic E-state index is 0.0682. The number of aryl methyl sites for hydroxylation is 1. The highest BCUT2D eigenvalue weighted by atomic mass is 16.5. The molecule has 0 saturated carbocycles. The predicted molar refractivity (Wildman–Crippen MR) is 131 cm³/mol. The van der Waals surface area contributed by atoms with Gasteiger partial charge in [0.05, 0.1) is 11.8 Å². The van der Waals surface area contributed by atoms with Gasteiger partial charge in [-0.05, 0) is 31.4 Å². The molecule has 0 bridgehead atoms. The molecule has 1 aliphatic carbocycles. The van der Waals surface area contributed by atoms with Gasteiger partial charge in [0, 0.05) is 42.7 Å². The van der Waals surface area contributed by atoms with Crippen LogP contribution in [0.3, 0.4) is 0 Å². The molecule has 0 radical (unpaired) electrons. The van der Waals surface area contributed by atoms with Crippen LogP contribution in [-0.2, 0) is 36.3 Å². The van der Waals surface area contributed by atoms with Crippen LogP contribution >= 0.6 is 0 Å². The maximum atomic E-state index is 13.5. The van der Waals surface area contributed by atoms with Crippen molar-refractivity contribution >= 4 is 22.7 Å². The minimum atomic E-state index is -0.227. The zero-order chi connectivity index (χ0) is 24.6. The van der Waals surface area contributed by atoms with Crippen LogP contribution in [0.25, 0.3) is 10.9 Å². The molecule has 2 atom stereocenters. The van der Waals surface area contributed by atoms with Gasteiger partial charge in [-0.2, -0.15) is 4.57 Å². The molecular weight excluding hydrogens is 428 g/mol. The summed E-state index contributed by atoms with van der Waals surface area (Å²) in [5.74, 6) is 0.693. The second-order valence-corrected chi connectivity index (χ2v) is 10.5. The summed E-state index contributed by atoms with van der Waals surface area (Å²) in [6.45, 7) is 9.51. The first-order valence-electron chi connectivity index (χ1n) is 12.1. The molecule has 2 aromatic heterocycles. The summed E-state index contributed by atoms with van der Waals surface area (Å²) in [6, 6.07) is 8.15. The van der Waals surface area contributed by atoms with Gasteiger partial charge >= 0.3 is 5.97 Å². The Bertz CT molecular complexity index is 1210. The molecule has 1 aliphatic rings. The number of rotatable bonds is 7. The van der Waals surface area contributed by atoms with E-state index in [1.54, 1.807) is 0 Å². The molecule has 0 fully saturated rings. The fourth-order valence-electron chi connectivity index (χ4n) is 5.12. The minimum Gasteiger partial charge on any atom is -0.424 e. The highest BCUT2D eigenvalue weighted by Gasteiger charge is 2.35. The maximum Gasteiger partial charge on any atom is 0.313 e. The zero-order valence-electron chi connectivity index (χ0n) is 21.2. The van der Waals surface area contributed by atoms with Crippen LogP contribution < -0.4 is 9.88 Å². The van der Waals surface area contributed by atoms with Gasteiger partial charge in [0.25, 0.3) is 5.82 Å². The number of Topliss-reactive ketones (excluding diaryl/α,β-unsaturated/α-hetero) is 1. The summed E-state index contributed by atoms with van der Waals surface area (Å²) in [5.41, 5.74) is 2.96. The van der Waals surface area contributed by atoms with Gasteiger partial charge < -0.3 is 14.6 Å². The van der Waals surface area contributed by atoms with Gasteiger partial charge in [-0.15, -0.1) is 0 Å². The Morgan fingerprint density at radius 2 is 2.03 bits per heavy atom. The van der Waals surface area contributed by atoms with E-state index < -0.39 is 0 Å². The summed E-state index contributed by atoms with van der Waals surface area (Å²) in [5, 5.41) is 4.14. The van der Waals surface area contributed by atoms with Gasteiger partial charge in [0.15, 0.2) is 5.78 Å². The summed E-state index contributed by atoms with van der Waals surface area (Å²) in [4.78, 5) is 26.2. The van der Waals surface area contributed by atoms with Crippen molar-refractivity contribution in [3.05, 3.63) is 53.7 Å². The Hall–Kier alpha value is -2.93. The SMILES string of the molecule is CNCC(C(=O)OC[n+]1ccn(CC2CCc3c(c4ccccc4n3C)C2=O)c1C)C(C)(C)C. The molecule has 7 heteroatoms. The topological polar surface area (TPSA) is 69.1 Å². The van der Waals surface area contributed by atoms with Crippen molar-refractivity contribution in [3.63, 3.8) is 0 Å². The van der Waals surface area contributed by atoms with E-state index in [-0.39, 0.29) is 35.7 Å². The van der Waals surface area contributed by atoms with E-state index in [0.717, 1.165) is 40.8 Å². The number of carbonyl (C=O) groups is 2. The normalized spacial score (nSPS) is 17.1. The van der Waals surface area contributed by atoms with E-state index in [4.69, 9.17) is 4.74 Å². The smallest absolute Gasteiger partial charge is 0.313 e. The van der Waals surface area contributed by atoms with Gasteiger partial charge in [-0.3, -0.25) is 9.59 Å². The number of hydrogen-bond donors (Lipinski definition) is 1. The van der Waals surface area contributed by atoms with E-state index in [9.17, 15) is 9.59 Å². The third-order valence-corrected chi connectivity index (χ3v) is 7.33. The number of ketones is 1. The average Bonchev–Trinajstić information content (AvgIpc) is 3.29. The van der Waals surface area contributed by atoms with Crippen LogP contribution in [0.2, 0.25) is 0 Å². The third kappa shape index (κ3) is 4.41. The number of carbonyl (C=O) groups excluding carboxylic acids is 2. The lowest BCUT2D eigenvalue weighted by Gasteiger charge is -2.28. The van der Waals surface area contributed by atoms with Crippen molar-refractivity contribution in [3.8, 4) is 0 Å². The fraction of sp³-hybridized carbons (Fsp3) is 0.519. The molecule has 0 spiro atoms. The number of nitrogens with one attached hydrogen (secondary N) is 1. The van der Waals surface area contributed by atoms with Crippen LogP contribution in [-0.4, -0.2) is 34.5 Å². The molecule has 7 nitrogen and oxygen atoms in total. The molecule has 0 amide bonds. The molecular formula is C27H37N4O3+. The zero-order valence-corrected chi connectivity index (χ0v) is 21.2. The number of hydrogen-bond acceptors (Lipinski definition) is 4. The standard InChI is InChI=1S/C27H37N4O3/c1-18-30(13-14-31(18)17-34-26(33)21(15-28-5)27(2,3)4)16-19-11-12-23-24(25(19)32)20-9-7-8-10-22(20)29(23)6/h7-10,13-14,19,21,28H,11-12,15-17H2,1-6H3/q+1. The second kappa shape index (κ2) is 9.37. The van der Waals surface area contributed by atoms with Crippen LogP contribution in [0.15, 0.2) is 36.7 Å². The Balaban J connectivity index is 1.47. The van der Waals surface area contributed by atoms with Gasteiger partial charge in [-0.1, -0.05) is 39.0 Å². The van der Waals surface area contributed by atoms with Crippen LogP contribution in [0, 0.1) is 24.2 Å². The lowest BCUT2D eigenvalue weighted by atomic mass is 9.81. The highest BCUT2D eigenvalue weighted by molar-refractivity contribution is 6.11. The van der Waals surface area contributed by atoms with Crippen molar-refractivity contribution in [2.24, 2.45) is 24.3 Å². The lowest BCUT2D eigenvalue weighted by molar-refractivity contribution is -0.732. The fourth-order valence-corrected chi connectivity index (χ4v) is 5.12. The van der Waals surface area contributed by atoms with E-state index in [2.05, 4.69) is 33.6 Å². The van der Waals surface area contributed by atoms with Crippen molar-refractivity contribution in [1.29, 1.82) is 0 Å². The van der Waals surface area contributed by atoms with Gasteiger partial charge in [-0.25, -0.2) is 4.57 Å². The Morgan fingerprint density at radius 1 is 1.29 bits per heavy atom. The summed E-state index contributed by atoms with van der Waals surface area (Å²) in [7, 11) is 3.90. The van der Waals surface area contributed by atoms with Crippen LogP contribution in [0.4, 0.5) is 0 Å². The molecule has 182 valence electrons. The van der Waals surface area contributed by atoms with E-state index in [0.29, 0.717) is 13.1 Å².